The predicted molar refractivity (Wildman–Crippen MR) is 94.6 cm³/mol. The maximum Gasteiger partial charge on any atom is 0.360 e. The zero-order chi connectivity index (χ0) is 19.4. The Bertz CT molecular complexity index is 949. The van der Waals surface area contributed by atoms with Crippen LogP contribution in [-0.2, 0) is 11.2 Å². The molecule has 2 aromatic heterocycles. The highest BCUT2D eigenvalue weighted by Gasteiger charge is 2.20. The molecular formula is C18H19N5O4. The largest absolute Gasteiger partial charge is 0.464 e. The van der Waals surface area contributed by atoms with E-state index in [0.717, 1.165) is 0 Å². The predicted octanol–water partition coefficient (Wildman–Crippen LogP) is 1.67. The third kappa shape index (κ3) is 3.86. The number of oxazole rings is 1. The van der Waals surface area contributed by atoms with Crippen LogP contribution < -0.4 is 0 Å². The highest BCUT2D eigenvalue weighted by molar-refractivity contribution is 5.97. The average Bonchev–Trinajstić information content (AvgIpc) is 3.34. The Balaban J connectivity index is 1.72. The van der Waals surface area contributed by atoms with E-state index in [0.29, 0.717) is 35.9 Å². The van der Waals surface area contributed by atoms with Gasteiger partial charge >= 0.3 is 5.97 Å². The van der Waals surface area contributed by atoms with E-state index in [1.165, 1.54) is 11.9 Å². The van der Waals surface area contributed by atoms with Crippen molar-refractivity contribution < 1.29 is 18.7 Å². The van der Waals surface area contributed by atoms with Crippen LogP contribution in [0.2, 0.25) is 0 Å². The van der Waals surface area contributed by atoms with Crippen molar-refractivity contribution in [3.05, 3.63) is 59.6 Å². The number of likely N-dealkylation sites (N-methyl/N-ethyl adjacent to an activating group) is 1. The molecule has 0 unspecified atom stereocenters. The van der Waals surface area contributed by atoms with Crippen LogP contribution in [0.3, 0.4) is 0 Å². The van der Waals surface area contributed by atoms with Gasteiger partial charge in [0.1, 0.15) is 5.76 Å². The van der Waals surface area contributed by atoms with Gasteiger partial charge in [-0.2, -0.15) is 15.0 Å². The van der Waals surface area contributed by atoms with Gasteiger partial charge in [0.25, 0.3) is 5.91 Å². The van der Waals surface area contributed by atoms with Crippen molar-refractivity contribution >= 4 is 11.9 Å². The summed E-state index contributed by atoms with van der Waals surface area (Å²) in [7, 11) is 2.97. The van der Waals surface area contributed by atoms with Gasteiger partial charge in [-0.05, 0) is 19.1 Å². The summed E-state index contributed by atoms with van der Waals surface area (Å²) in [6.07, 6.45) is 3.46. The van der Waals surface area contributed by atoms with Crippen LogP contribution in [0.15, 0.2) is 41.1 Å². The summed E-state index contributed by atoms with van der Waals surface area (Å²) >= 11 is 0. The number of amides is 1. The fraction of sp³-hybridized carbons (Fsp3) is 0.278. The first-order valence-electron chi connectivity index (χ1n) is 8.27. The Hall–Kier alpha value is -3.49. The number of hydrogen-bond acceptors (Lipinski definition) is 7. The smallest absolute Gasteiger partial charge is 0.360 e. The fourth-order valence-corrected chi connectivity index (χ4v) is 2.58. The lowest BCUT2D eigenvalue weighted by atomic mass is 10.1. The van der Waals surface area contributed by atoms with E-state index in [-0.39, 0.29) is 11.6 Å². The van der Waals surface area contributed by atoms with Crippen LogP contribution in [0.25, 0.3) is 5.69 Å². The monoisotopic (exact) mass is 369 g/mol. The van der Waals surface area contributed by atoms with E-state index in [9.17, 15) is 9.59 Å². The number of methoxy groups -OCH3 is 1. The van der Waals surface area contributed by atoms with Crippen molar-refractivity contribution in [2.75, 3.05) is 20.7 Å². The van der Waals surface area contributed by atoms with E-state index in [1.54, 1.807) is 49.5 Å². The Morgan fingerprint density at radius 3 is 2.63 bits per heavy atom. The van der Waals surface area contributed by atoms with Gasteiger partial charge in [0.15, 0.2) is 11.6 Å². The van der Waals surface area contributed by atoms with Crippen molar-refractivity contribution in [1.29, 1.82) is 0 Å². The molecule has 0 N–H and O–H groups in total. The normalized spacial score (nSPS) is 10.6. The molecule has 0 spiro atoms. The minimum atomic E-state index is -0.549. The molecule has 0 bridgehead atoms. The number of rotatable bonds is 6. The van der Waals surface area contributed by atoms with Crippen molar-refractivity contribution in [2.45, 2.75) is 13.3 Å². The van der Waals surface area contributed by atoms with Crippen LogP contribution in [0.1, 0.15) is 32.5 Å². The van der Waals surface area contributed by atoms with Gasteiger partial charge < -0.3 is 14.1 Å². The summed E-state index contributed by atoms with van der Waals surface area (Å²) in [5, 5.41) is 8.17. The zero-order valence-electron chi connectivity index (χ0n) is 15.2. The highest BCUT2D eigenvalue weighted by atomic mass is 16.5. The van der Waals surface area contributed by atoms with Crippen molar-refractivity contribution in [1.82, 2.24) is 24.9 Å². The number of benzene rings is 1. The number of hydrogen-bond donors (Lipinski definition) is 0. The number of ether oxygens (including phenoxy) is 1. The molecule has 3 aromatic rings. The Morgan fingerprint density at radius 1 is 1.22 bits per heavy atom. The molecule has 0 fully saturated rings. The highest BCUT2D eigenvalue weighted by Crippen LogP contribution is 2.16. The second-order valence-electron chi connectivity index (χ2n) is 5.82. The number of para-hydroxylation sites is 1. The lowest BCUT2D eigenvalue weighted by molar-refractivity contribution is 0.0592. The molecule has 0 aliphatic rings. The summed E-state index contributed by atoms with van der Waals surface area (Å²) in [4.78, 5) is 31.5. The van der Waals surface area contributed by atoms with Crippen molar-refractivity contribution in [3.63, 3.8) is 0 Å². The lowest BCUT2D eigenvalue weighted by Crippen LogP contribution is -2.30. The minimum absolute atomic E-state index is 0.150. The summed E-state index contributed by atoms with van der Waals surface area (Å²) in [6, 6.07) is 7.11. The number of carbonyl (C=O) groups is 2. The Labute approximate surface area is 155 Å². The molecule has 0 radical (unpaired) electrons. The van der Waals surface area contributed by atoms with Gasteiger partial charge in [-0.1, -0.05) is 12.1 Å². The van der Waals surface area contributed by atoms with Crippen LogP contribution >= 0.6 is 0 Å². The fourth-order valence-electron chi connectivity index (χ4n) is 2.58. The van der Waals surface area contributed by atoms with E-state index in [2.05, 4.69) is 19.9 Å². The average molecular weight is 369 g/mol. The van der Waals surface area contributed by atoms with Crippen LogP contribution in [0.4, 0.5) is 0 Å². The third-order valence-electron chi connectivity index (χ3n) is 4.00. The molecule has 1 amide bonds. The lowest BCUT2D eigenvalue weighted by Gasteiger charge is -2.18. The summed E-state index contributed by atoms with van der Waals surface area (Å²) in [6.45, 7) is 2.01. The van der Waals surface area contributed by atoms with Crippen molar-refractivity contribution in [3.8, 4) is 5.69 Å². The molecule has 0 aliphatic carbocycles. The number of aromatic nitrogens is 4. The van der Waals surface area contributed by atoms with Gasteiger partial charge in [-0.25, -0.2) is 9.78 Å². The molecule has 27 heavy (non-hydrogen) atoms. The number of carbonyl (C=O) groups excluding carboxylic acids is 2. The molecule has 140 valence electrons. The standard InChI is InChI=1S/C18H19N5O4/c1-12-16(18(25)26-3)21-15(27-12)8-11-22(2)17(24)13-6-4-5-7-14(13)23-19-9-10-20-23/h4-7,9-10H,8,11H2,1-3H3. The topological polar surface area (TPSA) is 103 Å². The van der Waals surface area contributed by atoms with Crippen LogP contribution in [0, 0.1) is 6.92 Å². The van der Waals surface area contributed by atoms with Crippen LogP contribution in [0.5, 0.6) is 0 Å². The third-order valence-corrected chi connectivity index (χ3v) is 4.00. The van der Waals surface area contributed by atoms with Gasteiger partial charge in [0.2, 0.25) is 0 Å². The van der Waals surface area contributed by atoms with Gasteiger partial charge in [-0.15, -0.1) is 0 Å². The first kappa shape index (κ1) is 18.3. The van der Waals surface area contributed by atoms with E-state index < -0.39 is 5.97 Å². The second-order valence-corrected chi connectivity index (χ2v) is 5.82. The van der Waals surface area contributed by atoms with E-state index in [1.807, 2.05) is 6.07 Å². The molecule has 9 heteroatoms. The summed E-state index contributed by atoms with van der Waals surface area (Å²) < 4.78 is 10.1. The minimum Gasteiger partial charge on any atom is -0.464 e. The molecule has 2 heterocycles. The quantitative estimate of drug-likeness (QED) is 0.609. The molecule has 3 rings (SSSR count). The summed E-state index contributed by atoms with van der Waals surface area (Å²) in [5.41, 5.74) is 1.23. The molecule has 0 saturated heterocycles. The maximum atomic E-state index is 12.8. The molecule has 0 aliphatic heterocycles. The van der Waals surface area contributed by atoms with Crippen LogP contribution in [-0.4, -0.2) is 57.5 Å². The molecule has 0 saturated carbocycles. The Morgan fingerprint density at radius 2 is 1.93 bits per heavy atom. The molecule has 1 aromatic carbocycles. The number of esters is 1. The summed E-state index contributed by atoms with van der Waals surface area (Å²) in [5.74, 6) is 0.0301. The Kier molecular flexibility index (Phi) is 5.30. The number of nitrogens with zero attached hydrogens (tertiary/aromatic N) is 5. The molecule has 0 atom stereocenters. The van der Waals surface area contributed by atoms with E-state index in [4.69, 9.17) is 4.42 Å². The first-order chi connectivity index (χ1) is 13.0. The second kappa shape index (κ2) is 7.81. The SMILES string of the molecule is COC(=O)c1nc(CCN(C)C(=O)c2ccccc2-n2nccn2)oc1C. The maximum absolute atomic E-state index is 12.8. The van der Waals surface area contributed by atoms with Gasteiger partial charge in [-0.3, -0.25) is 4.79 Å². The van der Waals surface area contributed by atoms with E-state index >= 15 is 0 Å². The van der Waals surface area contributed by atoms with Crippen molar-refractivity contribution in [2.24, 2.45) is 0 Å². The van der Waals surface area contributed by atoms with Gasteiger partial charge in [0, 0.05) is 20.0 Å². The van der Waals surface area contributed by atoms with Gasteiger partial charge in [0.05, 0.1) is 30.8 Å². The zero-order valence-corrected chi connectivity index (χ0v) is 15.2. The molecular weight excluding hydrogens is 350 g/mol. The molecule has 9 nitrogen and oxygen atoms in total. The first-order valence-corrected chi connectivity index (χ1v) is 8.27. The number of aryl methyl sites for hydroxylation is 1.